The Morgan fingerprint density at radius 3 is 2.87 bits per heavy atom. The zero-order chi connectivity index (χ0) is 16.2. The second kappa shape index (κ2) is 7.19. The van der Waals surface area contributed by atoms with Gasteiger partial charge in [0.15, 0.2) is 11.6 Å². The van der Waals surface area contributed by atoms with Gasteiger partial charge in [-0.1, -0.05) is 12.5 Å². The Kier molecular flexibility index (Phi) is 5.03. The maximum atomic E-state index is 13.3. The molecule has 2 aromatic rings. The van der Waals surface area contributed by atoms with Gasteiger partial charge in [0, 0.05) is 25.0 Å². The number of β-amino-alcohol motifs (C(OH)–C–C–N with tert-alkyl or cyclic N) is 1. The van der Waals surface area contributed by atoms with E-state index in [4.69, 9.17) is 0 Å². The Labute approximate surface area is 134 Å². The predicted octanol–water partition coefficient (Wildman–Crippen LogP) is 2.75. The minimum atomic E-state index is -0.923. The van der Waals surface area contributed by atoms with E-state index in [1.54, 1.807) is 6.20 Å². The highest BCUT2D eigenvalue weighted by molar-refractivity contribution is 5.20. The molecule has 0 aliphatic carbocycles. The molecule has 2 atom stereocenters. The monoisotopic (exact) mass is 321 g/mol. The quantitative estimate of drug-likeness (QED) is 0.921. The van der Waals surface area contributed by atoms with Gasteiger partial charge in [0.1, 0.15) is 0 Å². The van der Waals surface area contributed by atoms with Crippen LogP contribution in [-0.4, -0.2) is 38.9 Å². The van der Waals surface area contributed by atoms with Gasteiger partial charge in [-0.25, -0.2) is 8.78 Å². The second-order valence-electron chi connectivity index (χ2n) is 6.06. The fourth-order valence-electron chi connectivity index (χ4n) is 3.18. The Morgan fingerprint density at radius 2 is 2.13 bits per heavy atom. The fraction of sp³-hybridized carbons (Fsp3) is 0.471. The first-order valence-electron chi connectivity index (χ1n) is 7.98. The number of benzene rings is 1. The molecule has 1 aromatic heterocycles. The first-order chi connectivity index (χ1) is 11.1. The van der Waals surface area contributed by atoms with Crippen molar-refractivity contribution in [1.29, 1.82) is 0 Å². The summed E-state index contributed by atoms with van der Waals surface area (Å²) < 4.78 is 28.2. The Hall–Kier alpha value is -1.79. The highest BCUT2D eigenvalue weighted by atomic mass is 19.2. The first kappa shape index (κ1) is 16.1. The van der Waals surface area contributed by atoms with Gasteiger partial charge in [-0.15, -0.1) is 0 Å². The molecule has 0 saturated carbocycles. The molecule has 0 unspecified atom stereocenters. The Bertz CT molecular complexity index is 633. The van der Waals surface area contributed by atoms with Crippen LogP contribution < -0.4 is 0 Å². The summed E-state index contributed by atoms with van der Waals surface area (Å²) in [5.41, 5.74) is 0.410. The van der Waals surface area contributed by atoms with Gasteiger partial charge >= 0.3 is 0 Å². The molecule has 124 valence electrons. The largest absolute Gasteiger partial charge is 0.387 e. The molecule has 0 bridgehead atoms. The molecule has 0 spiro atoms. The maximum absolute atomic E-state index is 13.3. The average molecular weight is 321 g/mol. The number of piperidine rings is 1. The molecular weight excluding hydrogens is 300 g/mol. The molecule has 23 heavy (non-hydrogen) atoms. The van der Waals surface area contributed by atoms with Gasteiger partial charge in [-0.2, -0.15) is 5.10 Å². The van der Waals surface area contributed by atoms with Gasteiger partial charge in [-0.3, -0.25) is 9.58 Å². The highest BCUT2D eigenvalue weighted by Crippen LogP contribution is 2.23. The molecule has 4 nitrogen and oxygen atoms in total. The van der Waals surface area contributed by atoms with Crippen molar-refractivity contribution in [2.45, 2.75) is 38.0 Å². The number of aliphatic hydroxyl groups is 1. The van der Waals surface area contributed by atoms with Crippen LogP contribution in [0.3, 0.4) is 0 Å². The summed E-state index contributed by atoms with van der Waals surface area (Å²) in [6.45, 7) is 2.08. The standard InChI is InChI=1S/C17H21F2N3O/c18-15-6-5-13(10-16(15)19)17(23)12-21-8-2-1-4-14(21)11-22-9-3-7-20-22/h3,5-7,9-10,14,17,23H,1-2,4,8,11-12H2/t14-,17+/m0/s1. The number of aromatic nitrogens is 2. The number of hydrogen-bond donors (Lipinski definition) is 1. The van der Waals surface area contributed by atoms with Crippen molar-refractivity contribution in [3.05, 3.63) is 53.9 Å². The fourth-order valence-corrected chi connectivity index (χ4v) is 3.18. The van der Waals surface area contributed by atoms with Crippen LogP contribution in [0.15, 0.2) is 36.7 Å². The van der Waals surface area contributed by atoms with Crippen molar-refractivity contribution in [3.8, 4) is 0 Å². The third-order valence-corrected chi connectivity index (χ3v) is 4.44. The molecule has 1 aromatic carbocycles. The van der Waals surface area contributed by atoms with Crippen molar-refractivity contribution in [2.75, 3.05) is 13.1 Å². The van der Waals surface area contributed by atoms with E-state index in [0.717, 1.165) is 44.5 Å². The van der Waals surface area contributed by atoms with Gasteiger partial charge in [0.2, 0.25) is 0 Å². The molecule has 3 rings (SSSR count). The highest BCUT2D eigenvalue weighted by Gasteiger charge is 2.25. The first-order valence-corrected chi connectivity index (χ1v) is 7.98. The van der Waals surface area contributed by atoms with Crippen LogP contribution in [0.4, 0.5) is 8.78 Å². The van der Waals surface area contributed by atoms with Crippen molar-refractivity contribution >= 4 is 0 Å². The Balaban J connectivity index is 1.67. The summed E-state index contributed by atoms with van der Waals surface area (Å²) >= 11 is 0. The number of nitrogens with zero attached hydrogens (tertiary/aromatic N) is 3. The normalized spacial score (nSPS) is 20.6. The lowest BCUT2D eigenvalue weighted by atomic mass is 10.00. The molecule has 0 amide bonds. The minimum absolute atomic E-state index is 0.295. The summed E-state index contributed by atoms with van der Waals surface area (Å²) in [7, 11) is 0. The molecular formula is C17H21F2N3O. The van der Waals surface area contributed by atoms with Crippen LogP contribution in [0.25, 0.3) is 0 Å². The van der Waals surface area contributed by atoms with Crippen molar-refractivity contribution in [3.63, 3.8) is 0 Å². The molecule has 1 fully saturated rings. The van der Waals surface area contributed by atoms with Crippen LogP contribution in [0.1, 0.15) is 30.9 Å². The van der Waals surface area contributed by atoms with E-state index in [1.165, 1.54) is 6.07 Å². The second-order valence-corrected chi connectivity index (χ2v) is 6.06. The summed E-state index contributed by atoms with van der Waals surface area (Å²) in [6.07, 6.45) is 6.14. The molecule has 6 heteroatoms. The van der Waals surface area contributed by atoms with Crippen molar-refractivity contribution in [1.82, 2.24) is 14.7 Å². The third-order valence-electron chi connectivity index (χ3n) is 4.44. The summed E-state index contributed by atoms with van der Waals surface area (Å²) in [6, 6.07) is 5.76. The number of halogens is 2. The van der Waals surface area contributed by atoms with E-state index in [0.29, 0.717) is 18.2 Å². The average Bonchev–Trinajstić information content (AvgIpc) is 3.05. The number of likely N-dealkylation sites (tertiary alicyclic amines) is 1. The van der Waals surface area contributed by atoms with Gasteiger partial charge in [0.25, 0.3) is 0 Å². The van der Waals surface area contributed by atoms with Crippen LogP contribution >= 0.6 is 0 Å². The smallest absolute Gasteiger partial charge is 0.159 e. The van der Waals surface area contributed by atoms with E-state index < -0.39 is 17.7 Å². The lowest BCUT2D eigenvalue weighted by Gasteiger charge is -2.37. The van der Waals surface area contributed by atoms with Gasteiger partial charge in [-0.05, 0) is 43.1 Å². The van der Waals surface area contributed by atoms with E-state index >= 15 is 0 Å². The number of rotatable bonds is 5. The molecule has 1 saturated heterocycles. The van der Waals surface area contributed by atoms with Gasteiger partial charge < -0.3 is 5.11 Å². The van der Waals surface area contributed by atoms with E-state index in [1.807, 2.05) is 16.9 Å². The Morgan fingerprint density at radius 1 is 1.26 bits per heavy atom. The number of aliphatic hydroxyl groups excluding tert-OH is 1. The van der Waals surface area contributed by atoms with Crippen LogP contribution in [-0.2, 0) is 6.54 Å². The zero-order valence-corrected chi connectivity index (χ0v) is 12.9. The van der Waals surface area contributed by atoms with Crippen molar-refractivity contribution < 1.29 is 13.9 Å². The predicted molar refractivity (Wildman–Crippen MR) is 82.8 cm³/mol. The number of hydrogen-bond acceptors (Lipinski definition) is 3. The molecule has 1 aliphatic rings. The van der Waals surface area contributed by atoms with Crippen LogP contribution in [0, 0.1) is 11.6 Å². The van der Waals surface area contributed by atoms with Crippen LogP contribution in [0.2, 0.25) is 0 Å². The summed E-state index contributed by atoms with van der Waals surface area (Å²) in [5.74, 6) is -1.82. The lowest BCUT2D eigenvalue weighted by molar-refractivity contribution is 0.0589. The van der Waals surface area contributed by atoms with Gasteiger partial charge in [0.05, 0.1) is 12.6 Å². The van der Waals surface area contributed by atoms with E-state index in [2.05, 4.69) is 10.00 Å². The minimum Gasteiger partial charge on any atom is -0.387 e. The molecule has 0 radical (unpaired) electrons. The molecule has 1 N–H and O–H groups in total. The molecule has 1 aliphatic heterocycles. The summed E-state index contributed by atoms with van der Waals surface area (Å²) in [5, 5.41) is 14.6. The molecule has 2 heterocycles. The SMILES string of the molecule is O[C@H](CN1CCCC[C@H]1Cn1cccn1)c1ccc(F)c(F)c1. The topological polar surface area (TPSA) is 41.3 Å². The van der Waals surface area contributed by atoms with E-state index in [9.17, 15) is 13.9 Å². The maximum Gasteiger partial charge on any atom is 0.159 e. The third kappa shape index (κ3) is 3.95. The van der Waals surface area contributed by atoms with E-state index in [-0.39, 0.29) is 0 Å². The van der Waals surface area contributed by atoms with Crippen LogP contribution in [0.5, 0.6) is 0 Å². The van der Waals surface area contributed by atoms with Crippen molar-refractivity contribution in [2.24, 2.45) is 0 Å². The lowest BCUT2D eigenvalue weighted by Crippen LogP contribution is -2.44. The zero-order valence-electron chi connectivity index (χ0n) is 12.9. The summed E-state index contributed by atoms with van der Waals surface area (Å²) in [4.78, 5) is 2.22.